The van der Waals surface area contributed by atoms with E-state index < -0.39 is 41.7 Å². The van der Waals surface area contributed by atoms with Crippen molar-refractivity contribution in [3.05, 3.63) is 49.1 Å². The molecule has 0 bridgehead atoms. The number of benzene rings is 1. The highest BCUT2D eigenvalue weighted by atomic mass is 32.2. The van der Waals surface area contributed by atoms with E-state index in [-0.39, 0.29) is 17.1 Å². The van der Waals surface area contributed by atoms with Crippen molar-refractivity contribution < 1.29 is 37.0 Å². The van der Waals surface area contributed by atoms with Gasteiger partial charge in [-0.2, -0.15) is 13.2 Å². The molecule has 0 atom stereocenters. The highest BCUT2D eigenvalue weighted by molar-refractivity contribution is 7.98. The number of carbonyl (C=O) groups is 3. The zero-order chi connectivity index (χ0) is 19.0. The minimum Gasteiger partial charge on any atom is -0.423 e. The normalized spacial score (nSPS) is 10.5. The average Bonchev–Trinajstić information content (AvgIpc) is 2.51. The first-order valence-corrected chi connectivity index (χ1v) is 7.30. The number of esters is 2. The molecule has 0 saturated carbocycles. The standard InChI is InChI=1S/C15H12F3NO5S/c1-3-13(21)23-10-5-9(6-11(8-10)24-14(22)4-2)7-12(20)19-25-15(16,17)18/h3-6,8H,1-2,7H2,(H,19,20). The molecule has 0 aliphatic rings. The van der Waals surface area contributed by atoms with Gasteiger partial charge in [0.1, 0.15) is 11.5 Å². The molecule has 0 heterocycles. The van der Waals surface area contributed by atoms with Crippen LogP contribution in [-0.4, -0.2) is 23.4 Å². The summed E-state index contributed by atoms with van der Waals surface area (Å²) in [5, 5.41) is 0. The van der Waals surface area contributed by atoms with Crippen LogP contribution in [0.15, 0.2) is 43.5 Å². The minimum atomic E-state index is -4.62. The average molecular weight is 375 g/mol. The number of amides is 1. The SMILES string of the molecule is C=CC(=O)Oc1cc(CC(=O)NSC(F)(F)F)cc(OC(=O)C=C)c1. The fraction of sp³-hybridized carbons (Fsp3) is 0.133. The van der Waals surface area contributed by atoms with Crippen LogP contribution in [0.3, 0.4) is 0 Å². The highest BCUT2D eigenvalue weighted by Crippen LogP contribution is 2.28. The number of hydrogen-bond donors (Lipinski definition) is 1. The molecule has 1 aromatic rings. The molecule has 1 N–H and O–H groups in total. The zero-order valence-electron chi connectivity index (χ0n) is 12.6. The van der Waals surface area contributed by atoms with Crippen LogP contribution in [0.5, 0.6) is 11.5 Å². The summed E-state index contributed by atoms with van der Waals surface area (Å²) in [6, 6.07) is 3.67. The van der Waals surface area contributed by atoms with Crippen molar-refractivity contribution >= 4 is 29.8 Å². The summed E-state index contributed by atoms with van der Waals surface area (Å²) in [7, 11) is 0. The molecule has 0 unspecified atom stereocenters. The molecule has 1 aromatic carbocycles. The van der Waals surface area contributed by atoms with E-state index in [9.17, 15) is 27.6 Å². The van der Waals surface area contributed by atoms with Gasteiger partial charge in [0, 0.05) is 18.2 Å². The van der Waals surface area contributed by atoms with Crippen molar-refractivity contribution in [2.45, 2.75) is 11.9 Å². The molecule has 6 nitrogen and oxygen atoms in total. The van der Waals surface area contributed by atoms with Gasteiger partial charge in [-0.25, -0.2) is 9.59 Å². The van der Waals surface area contributed by atoms with Crippen molar-refractivity contribution in [3.63, 3.8) is 0 Å². The van der Waals surface area contributed by atoms with Gasteiger partial charge in [-0.1, -0.05) is 13.2 Å². The van der Waals surface area contributed by atoms with E-state index in [2.05, 4.69) is 13.2 Å². The van der Waals surface area contributed by atoms with E-state index >= 15 is 0 Å². The Bertz CT molecular complexity index is 663. The van der Waals surface area contributed by atoms with Gasteiger partial charge < -0.3 is 9.47 Å². The minimum absolute atomic E-state index is 0.0782. The molecule has 1 amide bonds. The molecule has 0 aliphatic carbocycles. The first-order valence-electron chi connectivity index (χ1n) is 6.49. The monoisotopic (exact) mass is 375 g/mol. The Kier molecular flexibility index (Phi) is 7.24. The highest BCUT2D eigenvalue weighted by Gasteiger charge is 2.29. The number of nitrogens with one attached hydrogen (secondary N) is 1. The molecule has 0 radical (unpaired) electrons. The predicted octanol–water partition coefficient (Wildman–Crippen LogP) is 2.70. The Morgan fingerprint density at radius 2 is 1.52 bits per heavy atom. The van der Waals surface area contributed by atoms with Gasteiger partial charge in [-0.15, -0.1) is 0 Å². The third kappa shape index (κ3) is 8.06. The molecule has 1 rings (SSSR count). The summed E-state index contributed by atoms with van der Waals surface area (Å²) in [6.07, 6.45) is 1.30. The lowest BCUT2D eigenvalue weighted by Gasteiger charge is -2.10. The summed E-state index contributed by atoms with van der Waals surface area (Å²) in [4.78, 5) is 34.0. The smallest absolute Gasteiger partial charge is 0.423 e. The van der Waals surface area contributed by atoms with Crippen molar-refractivity contribution in [2.24, 2.45) is 0 Å². The number of ether oxygens (including phenoxy) is 2. The van der Waals surface area contributed by atoms with Gasteiger partial charge in [0.15, 0.2) is 0 Å². The lowest BCUT2D eigenvalue weighted by atomic mass is 10.1. The Morgan fingerprint density at radius 3 is 1.92 bits per heavy atom. The van der Waals surface area contributed by atoms with Crippen LogP contribution in [0.4, 0.5) is 13.2 Å². The molecule has 0 saturated heterocycles. The van der Waals surface area contributed by atoms with E-state index in [0.29, 0.717) is 0 Å². The summed E-state index contributed by atoms with van der Waals surface area (Å²) in [6.45, 7) is 6.42. The summed E-state index contributed by atoms with van der Waals surface area (Å²) in [5.41, 5.74) is -4.47. The van der Waals surface area contributed by atoms with Crippen LogP contribution in [0, 0.1) is 0 Å². The molecule has 10 heteroatoms. The first kappa shape index (κ1) is 20.3. The Balaban J connectivity index is 2.96. The second kappa shape index (κ2) is 8.92. The second-order valence-electron chi connectivity index (χ2n) is 4.31. The molecular weight excluding hydrogens is 363 g/mol. The van der Waals surface area contributed by atoms with Gasteiger partial charge in [0.25, 0.3) is 0 Å². The third-order valence-corrected chi connectivity index (χ3v) is 2.92. The number of hydrogen-bond acceptors (Lipinski definition) is 6. The second-order valence-corrected chi connectivity index (χ2v) is 5.18. The van der Waals surface area contributed by atoms with Crippen LogP contribution < -0.4 is 14.2 Å². The molecular formula is C15H12F3NO5S. The molecule has 134 valence electrons. The van der Waals surface area contributed by atoms with Crippen molar-refractivity contribution in [1.82, 2.24) is 4.72 Å². The Morgan fingerprint density at radius 1 is 1.04 bits per heavy atom. The summed E-state index contributed by atoms with van der Waals surface area (Å²) < 4.78 is 47.5. The summed E-state index contributed by atoms with van der Waals surface area (Å²) in [5.74, 6) is -2.72. The Labute approximate surface area is 144 Å². The summed E-state index contributed by atoms with van der Waals surface area (Å²) >= 11 is -0.699. The maximum Gasteiger partial charge on any atom is 0.461 e. The fourth-order valence-corrected chi connectivity index (χ4v) is 1.80. The van der Waals surface area contributed by atoms with Crippen LogP contribution >= 0.6 is 11.9 Å². The van der Waals surface area contributed by atoms with Crippen molar-refractivity contribution in [3.8, 4) is 11.5 Å². The van der Waals surface area contributed by atoms with E-state index in [0.717, 1.165) is 12.2 Å². The molecule has 0 aliphatic heterocycles. The molecule has 0 spiro atoms. The number of halogens is 3. The van der Waals surface area contributed by atoms with E-state index in [4.69, 9.17) is 9.47 Å². The number of carbonyl (C=O) groups excluding carboxylic acids is 3. The number of alkyl halides is 3. The van der Waals surface area contributed by atoms with Crippen molar-refractivity contribution in [2.75, 3.05) is 0 Å². The van der Waals surface area contributed by atoms with E-state index in [1.807, 2.05) is 0 Å². The van der Waals surface area contributed by atoms with Gasteiger partial charge in [-0.3, -0.25) is 9.52 Å². The molecule has 0 fully saturated rings. The molecule has 25 heavy (non-hydrogen) atoms. The van der Waals surface area contributed by atoms with Gasteiger partial charge in [0.2, 0.25) is 5.91 Å². The Hall–Kier alpha value is -2.75. The predicted molar refractivity (Wildman–Crippen MR) is 83.6 cm³/mol. The fourth-order valence-electron chi connectivity index (χ4n) is 1.50. The van der Waals surface area contributed by atoms with Gasteiger partial charge >= 0.3 is 17.4 Å². The lowest BCUT2D eigenvalue weighted by molar-refractivity contribution is -0.129. The largest absolute Gasteiger partial charge is 0.461 e. The van der Waals surface area contributed by atoms with E-state index in [1.165, 1.54) is 18.2 Å². The van der Waals surface area contributed by atoms with Crippen LogP contribution in [0.2, 0.25) is 0 Å². The zero-order valence-corrected chi connectivity index (χ0v) is 13.4. The lowest BCUT2D eigenvalue weighted by Crippen LogP contribution is -2.22. The quantitative estimate of drug-likeness (QED) is 0.342. The van der Waals surface area contributed by atoms with Gasteiger partial charge in [0.05, 0.1) is 18.4 Å². The van der Waals surface area contributed by atoms with Crippen LogP contribution in [0.1, 0.15) is 5.56 Å². The first-order chi connectivity index (χ1) is 11.6. The molecule has 0 aromatic heterocycles. The van der Waals surface area contributed by atoms with Crippen LogP contribution in [-0.2, 0) is 20.8 Å². The topological polar surface area (TPSA) is 81.7 Å². The van der Waals surface area contributed by atoms with Gasteiger partial charge in [-0.05, 0) is 17.7 Å². The van der Waals surface area contributed by atoms with Crippen LogP contribution in [0.25, 0.3) is 0 Å². The maximum atomic E-state index is 12.1. The maximum absolute atomic E-state index is 12.1. The van der Waals surface area contributed by atoms with E-state index in [1.54, 1.807) is 4.72 Å². The number of rotatable bonds is 7. The van der Waals surface area contributed by atoms with Crippen molar-refractivity contribution in [1.29, 1.82) is 0 Å². The third-order valence-electron chi connectivity index (χ3n) is 2.36.